The molecular formula is C16H15Br2N. The van der Waals surface area contributed by atoms with Gasteiger partial charge in [-0.25, -0.2) is 0 Å². The first-order valence-electron chi connectivity index (χ1n) is 6.39. The highest BCUT2D eigenvalue weighted by Gasteiger charge is 2.38. The van der Waals surface area contributed by atoms with Gasteiger partial charge in [-0.15, -0.1) is 0 Å². The molecule has 0 aromatic heterocycles. The average molecular weight is 381 g/mol. The van der Waals surface area contributed by atoms with Crippen LogP contribution in [-0.2, 0) is 11.8 Å². The molecule has 0 bridgehead atoms. The number of benzene rings is 2. The zero-order chi connectivity index (χ0) is 13.3. The van der Waals surface area contributed by atoms with Crippen molar-refractivity contribution in [2.24, 2.45) is 0 Å². The van der Waals surface area contributed by atoms with Crippen molar-refractivity contribution in [3.8, 4) is 0 Å². The normalized spacial score (nSPS) is 16.9. The fourth-order valence-corrected chi connectivity index (χ4v) is 3.33. The van der Waals surface area contributed by atoms with E-state index < -0.39 is 0 Å². The maximum atomic E-state index is 3.58. The summed E-state index contributed by atoms with van der Waals surface area (Å²) < 4.78 is 2.30. The van der Waals surface area contributed by atoms with E-state index in [-0.39, 0.29) is 5.41 Å². The first-order valence-corrected chi connectivity index (χ1v) is 7.98. The van der Waals surface area contributed by atoms with Crippen LogP contribution >= 0.6 is 31.9 Å². The Labute approximate surface area is 130 Å². The second kappa shape index (κ2) is 5.39. The van der Waals surface area contributed by atoms with Crippen molar-refractivity contribution in [3.63, 3.8) is 0 Å². The van der Waals surface area contributed by atoms with Gasteiger partial charge in [-0.05, 0) is 41.8 Å². The molecule has 0 radical (unpaired) electrons. The third kappa shape index (κ3) is 2.78. The van der Waals surface area contributed by atoms with E-state index in [1.165, 1.54) is 11.1 Å². The molecule has 0 saturated carbocycles. The predicted octanol–water partition coefficient (Wildman–Crippen LogP) is 4.30. The number of hydrogen-bond donors (Lipinski definition) is 1. The molecule has 0 amide bonds. The highest BCUT2D eigenvalue weighted by Crippen LogP contribution is 2.34. The molecule has 1 aliphatic rings. The minimum absolute atomic E-state index is 0.248. The van der Waals surface area contributed by atoms with Gasteiger partial charge in [0.2, 0.25) is 0 Å². The second-order valence-electron chi connectivity index (χ2n) is 5.20. The van der Waals surface area contributed by atoms with E-state index in [1.54, 1.807) is 0 Å². The van der Waals surface area contributed by atoms with Gasteiger partial charge in [0.25, 0.3) is 0 Å². The van der Waals surface area contributed by atoms with Crippen molar-refractivity contribution in [1.29, 1.82) is 0 Å². The molecule has 0 aliphatic carbocycles. The standard InChI is InChI=1S/C16H15Br2N/c17-14-6-4-12(5-7-14)9-16(10-19-11-16)13-2-1-3-15(18)8-13/h1-8,19H,9-11H2. The highest BCUT2D eigenvalue weighted by atomic mass is 79.9. The van der Waals surface area contributed by atoms with Crippen LogP contribution in [0.15, 0.2) is 57.5 Å². The van der Waals surface area contributed by atoms with Gasteiger partial charge in [-0.1, -0.05) is 56.1 Å². The first-order chi connectivity index (χ1) is 9.18. The van der Waals surface area contributed by atoms with Crippen molar-refractivity contribution >= 4 is 31.9 Å². The van der Waals surface area contributed by atoms with E-state index in [9.17, 15) is 0 Å². The van der Waals surface area contributed by atoms with Crippen LogP contribution in [0.2, 0.25) is 0 Å². The van der Waals surface area contributed by atoms with Crippen molar-refractivity contribution in [2.45, 2.75) is 11.8 Å². The molecule has 0 spiro atoms. The maximum Gasteiger partial charge on any atom is 0.0243 e. The molecule has 2 aromatic carbocycles. The van der Waals surface area contributed by atoms with Crippen LogP contribution in [0.1, 0.15) is 11.1 Å². The molecule has 3 rings (SSSR count). The number of hydrogen-bond acceptors (Lipinski definition) is 1. The Morgan fingerprint density at radius 2 is 1.68 bits per heavy atom. The molecule has 0 unspecified atom stereocenters. The Morgan fingerprint density at radius 3 is 2.26 bits per heavy atom. The summed E-state index contributed by atoms with van der Waals surface area (Å²) in [5, 5.41) is 3.43. The number of halogens is 2. The highest BCUT2D eigenvalue weighted by molar-refractivity contribution is 9.10. The van der Waals surface area contributed by atoms with E-state index in [1.807, 2.05) is 0 Å². The minimum Gasteiger partial charge on any atom is -0.315 e. The molecule has 1 nitrogen and oxygen atoms in total. The van der Waals surface area contributed by atoms with E-state index in [4.69, 9.17) is 0 Å². The molecule has 1 heterocycles. The minimum atomic E-state index is 0.248. The Balaban J connectivity index is 1.89. The van der Waals surface area contributed by atoms with Gasteiger partial charge in [0.15, 0.2) is 0 Å². The topological polar surface area (TPSA) is 12.0 Å². The fraction of sp³-hybridized carbons (Fsp3) is 0.250. The van der Waals surface area contributed by atoms with Crippen LogP contribution in [-0.4, -0.2) is 13.1 Å². The SMILES string of the molecule is Brc1ccc(CC2(c3cccc(Br)c3)CNC2)cc1. The lowest BCUT2D eigenvalue weighted by atomic mass is 9.71. The molecule has 2 aromatic rings. The predicted molar refractivity (Wildman–Crippen MR) is 86.5 cm³/mol. The first kappa shape index (κ1) is 13.3. The molecule has 0 atom stereocenters. The van der Waals surface area contributed by atoms with Crippen molar-refractivity contribution < 1.29 is 0 Å². The van der Waals surface area contributed by atoms with E-state index in [2.05, 4.69) is 85.7 Å². The van der Waals surface area contributed by atoms with Crippen molar-refractivity contribution in [2.75, 3.05) is 13.1 Å². The molecule has 19 heavy (non-hydrogen) atoms. The van der Waals surface area contributed by atoms with Crippen molar-refractivity contribution in [3.05, 3.63) is 68.6 Å². The molecule has 1 N–H and O–H groups in total. The Bertz CT molecular complexity index is 574. The smallest absolute Gasteiger partial charge is 0.0243 e. The Hall–Kier alpha value is -0.640. The summed E-state index contributed by atoms with van der Waals surface area (Å²) >= 11 is 7.07. The van der Waals surface area contributed by atoms with E-state index in [0.29, 0.717) is 0 Å². The van der Waals surface area contributed by atoms with Crippen LogP contribution in [0.25, 0.3) is 0 Å². The number of rotatable bonds is 3. The largest absolute Gasteiger partial charge is 0.315 e. The molecule has 98 valence electrons. The van der Waals surface area contributed by atoms with Gasteiger partial charge >= 0.3 is 0 Å². The number of nitrogens with one attached hydrogen (secondary N) is 1. The average Bonchev–Trinajstić information content (AvgIpc) is 2.36. The quantitative estimate of drug-likeness (QED) is 0.837. The summed E-state index contributed by atoms with van der Waals surface area (Å²) in [4.78, 5) is 0. The molecular weight excluding hydrogens is 366 g/mol. The molecule has 1 fully saturated rings. The van der Waals surface area contributed by atoms with Gasteiger partial charge in [-0.2, -0.15) is 0 Å². The monoisotopic (exact) mass is 379 g/mol. The Kier molecular flexibility index (Phi) is 3.79. The van der Waals surface area contributed by atoms with Crippen LogP contribution < -0.4 is 5.32 Å². The summed E-state index contributed by atoms with van der Waals surface area (Å²) in [5.41, 5.74) is 3.06. The van der Waals surface area contributed by atoms with Crippen LogP contribution in [0.3, 0.4) is 0 Å². The maximum absolute atomic E-state index is 3.58. The molecule has 1 saturated heterocycles. The second-order valence-corrected chi connectivity index (χ2v) is 7.03. The van der Waals surface area contributed by atoms with E-state index in [0.717, 1.165) is 28.5 Å². The van der Waals surface area contributed by atoms with Gasteiger partial charge in [0, 0.05) is 27.4 Å². The molecule has 3 heteroatoms. The zero-order valence-corrected chi connectivity index (χ0v) is 13.7. The third-order valence-electron chi connectivity index (χ3n) is 3.82. The lowest BCUT2D eigenvalue weighted by Crippen LogP contribution is -2.58. The van der Waals surface area contributed by atoms with Gasteiger partial charge in [0.1, 0.15) is 0 Å². The fourth-order valence-electron chi connectivity index (χ4n) is 2.67. The lowest BCUT2D eigenvalue weighted by molar-refractivity contribution is 0.274. The summed E-state index contributed by atoms with van der Waals surface area (Å²) in [6.07, 6.45) is 1.09. The van der Waals surface area contributed by atoms with Gasteiger partial charge in [0.05, 0.1) is 0 Å². The third-order valence-corrected chi connectivity index (χ3v) is 4.84. The van der Waals surface area contributed by atoms with Crippen LogP contribution in [0.4, 0.5) is 0 Å². The lowest BCUT2D eigenvalue weighted by Gasteiger charge is -2.43. The summed E-state index contributed by atoms with van der Waals surface area (Å²) in [7, 11) is 0. The van der Waals surface area contributed by atoms with E-state index >= 15 is 0 Å². The summed E-state index contributed by atoms with van der Waals surface area (Å²) in [5.74, 6) is 0. The van der Waals surface area contributed by atoms with Gasteiger partial charge < -0.3 is 5.32 Å². The van der Waals surface area contributed by atoms with Crippen LogP contribution in [0.5, 0.6) is 0 Å². The zero-order valence-electron chi connectivity index (χ0n) is 10.5. The van der Waals surface area contributed by atoms with Crippen LogP contribution in [0, 0.1) is 0 Å². The molecule has 1 aliphatic heterocycles. The summed E-state index contributed by atoms with van der Waals surface area (Å²) in [6.45, 7) is 2.11. The summed E-state index contributed by atoms with van der Waals surface area (Å²) in [6, 6.07) is 17.4. The van der Waals surface area contributed by atoms with Crippen molar-refractivity contribution in [1.82, 2.24) is 5.32 Å². The Morgan fingerprint density at radius 1 is 0.947 bits per heavy atom. The van der Waals surface area contributed by atoms with Gasteiger partial charge in [-0.3, -0.25) is 0 Å².